The van der Waals surface area contributed by atoms with Gasteiger partial charge in [-0.1, -0.05) is 18.2 Å². The highest BCUT2D eigenvalue weighted by atomic mass is 15.2. The minimum absolute atomic E-state index is 0.227. The van der Waals surface area contributed by atoms with Gasteiger partial charge < -0.3 is 10.3 Å². The van der Waals surface area contributed by atoms with E-state index in [1.807, 2.05) is 17.9 Å². The Hall–Kier alpha value is -2.07. The number of para-hydroxylation sites is 1. The number of fused-ring (bicyclic) bond motifs is 3. The van der Waals surface area contributed by atoms with Gasteiger partial charge in [-0.3, -0.25) is 4.68 Å². The molecule has 1 aromatic carbocycles. The van der Waals surface area contributed by atoms with Crippen LogP contribution in [0.2, 0.25) is 0 Å². The number of nitrogens with one attached hydrogen (secondary N) is 2. The SMILES string of the molecule is Cn1cc(C2NCCc3c2[nH]c2ccccc32)cn1. The molecule has 0 amide bonds. The van der Waals surface area contributed by atoms with Crippen LogP contribution in [0.25, 0.3) is 10.9 Å². The van der Waals surface area contributed by atoms with Gasteiger partial charge in [0.05, 0.1) is 12.2 Å². The van der Waals surface area contributed by atoms with Crippen LogP contribution >= 0.6 is 0 Å². The maximum Gasteiger partial charge on any atom is 0.0763 e. The van der Waals surface area contributed by atoms with Gasteiger partial charge in [-0.25, -0.2) is 0 Å². The third-order valence-corrected chi connectivity index (χ3v) is 3.92. The van der Waals surface area contributed by atoms with Gasteiger partial charge in [0.1, 0.15) is 0 Å². The van der Waals surface area contributed by atoms with Crippen molar-refractivity contribution >= 4 is 10.9 Å². The van der Waals surface area contributed by atoms with E-state index in [0.29, 0.717) is 0 Å². The van der Waals surface area contributed by atoms with E-state index in [-0.39, 0.29) is 6.04 Å². The highest BCUT2D eigenvalue weighted by molar-refractivity contribution is 5.85. The summed E-state index contributed by atoms with van der Waals surface area (Å²) in [5.41, 5.74) is 5.18. The van der Waals surface area contributed by atoms with E-state index >= 15 is 0 Å². The Bertz CT molecular complexity index is 738. The lowest BCUT2D eigenvalue weighted by Gasteiger charge is -2.23. The average Bonchev–Trinajstić information content (AvgIpc) is 3.02. The summed E-state index contributed by atoms with van der Waals surface area (Å²) < 4.78 is 1.86. The van der Waals surface area contributed by atoms with E-state index in [1.165, 1.54) is 27.7 Å². The van der Waals surface area contributed by atoms with Crippen molar-refractivity contribution in [1.82, 2.24) is 20.1 Å². The third kappa shape index (κ3) is 1.60. The number of hydrogen-bond acceptors (Lipinski definition) is 2. The summed E-state index contributed by atoms with van der Waals surface area (Å²) in [6.45, 7) is 1.01. The Morgan fingerprint density at radius 2 is 2.21 bits per heavy atom. The van der Waals surface area contributed by atoms with Crippen LogP contribution in [0, 0.1) is 0 Å². The highest BCUT2D eigenvalue weighted by Gasteiger charge is 2.25. The third-order valence-electron chi connectivity index (χ3n) is 3.92. The van der Waals surface area contributed by atoms with Gasteiger partial charge in [-0.2, -0.15) is 5.10 Å². The summed E-state index contributed by atoms with van der Waals surface area (Å²) in [4.78, 5) is 3.57. The Balaban J connectivity index is 1.90. The fourth-order valence-corrected chi connectivity index (χ4v) is 3.05. The maximum atomic E-state index is 4.28. The van der Waals surface area contributed by atoms with E-state index < -0.39 is 0 Å². The molecule has 2 N–H and O–H groups in total. The molecule has 0 spiro atoms. The van der Waals surface area contributed by atoms with Crippen molar-refractivity contribution in [1.29, 1.82) is 0 Å². The van der Waals surface area contributed by atoms with Crippen LogP contribution < -0.4 is 5.32 Å². The van der Waals surface area contributed by atoms with Crippen molar-refractivity contribution in [2.24, 2.45) is 7.05 Å². The Morgan fingerprint density at radius 1 is 1.32 bits per heavy atom. The second-order valence-electron chi connectivity index (χ2n) is 5.15. The molecule has 0 fully saturated rings. The molecule has 0 saturated heterocycles. The maximum absolute atomic E-state index is 4.28. The molecule has 4 rings (SSSR count). The van der Waals surface area contributed by atoms with Gasteiger partial charge in [0.25, 0.3) is 0 Å². The molecule has 19 heavy (non-hydrogen) atoms. The molecule has 1 aliphatic rings. The molecule has 4 nitrogen and oxygen atoms in total. The summed E-state index contributed by atoms with van der Waals surface area (Å²) >= 11 is 0. The lowest BCUT2D eigenvalue weighted by molar-refractivity contribution is 0.560. The first-order valence-electron chi connectivity index (χ1n) is 6.64. The van der Waals surface area contributed by atoms with E-state index in [1.54, 1.807) is 0 Å². The van der Waals surface area contributed by atoms with Crippen LogP contribution in [-0.4, -0.2) is 21.3 Å². The molecule has 0 aliphatic carbocycles. The van der Waals surface area contributed by atoms with Gasteiger partial charge in [-0.05, 0) is 18.1 Å². The van der Waals surface area contributed by atoms with Crippen molar-refractivity contribution in [2.45, 2.75) is 12.5 Å². The molecule has 0 radical (unpaired) electrons. The first-order chi connectivity index (χ1) is 9.33. The quantitative estimate of drug-likeness (QED) is 0.697. The first kappa shape index (κ1) is 10.8. The molecule has 1 atom stereocenters. The van der Waals surface area contributed by atoms with E-state index in [0.717, 1.165) is 13.0 Å². The van der Waals surface area contributed by atoms with Gasteiger partial charge in [-0.15, -0.1) is 0 Å². The summed E-state index contributed by atoms with van der Waals surface area (Å²) in [7, 11) is 1.96. The number of aromatic amines is 1. The van der Waals surface area contributed by atoms with Crippen LogP contribution in [0.4, 0.5) is 0 Å². The normalized spacial score (nSPS) is 18.7. The molecular weight excluding hydrogens is 236 g/mol. The highest BCUT2D eigenvalue weighted by Crippen LogP contribution is 2.32. The number of aromatic nitrogens is 3. The molecule has 1 unspecified atom stereocenters. The number of rotatable bonds is 1. The largest absolute Gasteiger partial charge is 0.357 e. The predicted octanol–water partition coefficient (Wildman–Crippen LogP) is 2.14. The van der Waals surface area contributed by atoms with Crippen LogP contribution in [0.15, 0.2) is 36.7 Å². The Morgan fingerprint density at radius 3 is 3.05 bits per heavy atom. The Kier molecular flexibility index (Phi) is 2.26. The van der Waals surface area contributed by atoms with Gasteiger partial charge in [0.15, 0.2) is 0 Å². The molecule has 0 saturated carbocycles. The van der Waals surface area contributed by atoms with Crippen LogP contribution in [0.3, 0.4) is 0 Å². The number of H-pyrrole nitrogens is 1. The van der Waals surface area contributed by atoms with Crippen molar-refractivity contribution in [3.8, 4) is 0 Å². The summed E-state index contributed by atoms with van der Waals surface area (Å²) in [5, 5.41) is 9.22. The molecule has 1 aliphatic heterocycles. The lowest BCUT2D eigenvalue weighted by Crippen LogP contribution is -2.30. The van der Waals surface area contributed by atoms with E-state index in [4.69, 9.17) is 0 Å². The molecule has 4 heteroatoms. The number of benzene rings is 1. The molecule has 2 aromatic heterocycles. The smallest absolute Gasteiger partial charge is 0.0763 e. The van der Waals surface area contributed by atoms with E-state index in [9.17, 15) is 0 Å². The van der Waals surface area contributed by atoms with Crippen molar-refractivity contribution in [3.63, 3.8) is 0 Å². The van der Waals surface area contributed by atoms with Crippen molar-refractivity contribution in [3.05, 3.63) is 53.5 Å². The molecule has 96 valence electrons. The number of nitrogens with zero attached hydrogens (tertiary/aromatic N) is 2. The second kappa shape index (κ2) is 3.96. The van der Waals surface area contributed by atoms with Gasteiger partial charge in [0, 0.05) is 41.9 Å². The average molecular weight is 252 g/mol. The first-order valence-corrected chi connectivity index (χ1v) is 6.64. The fraction of sp³-hybridized carbons (Fsp3) is 0.267. The van der Waals surface area contributed by atoms with Gasteiger partial charge in [0.2, 0.25) is 0 Å². The summed E-state index contributed by atoms with van der Waals surface area (Å²) in [5.74, 6) is 0. The molecule has 3 aromatic rings. The fourth-order valence-electron chi connectivity index (χ4n) is 3.05. The zero-order valence-electron chi connectivity index (χ0n) is 10.9. The summed E-state index contributed by atoms with van der Waals surface area (Å²) in [6, 6.07) is 8.77. The number of hydrogen-bond donors (Lipinski definition) is 2. The Labute approximate surface area is 111 Å². The standard InChI is InChI=1S/C15H16N4/c1-19-9-10(8-17-19)14-15-12(6-7-16-14)11-4-2-3-5-13(11)18-15/h2-5,8-9,14,16,18H,6-7H2,1H3. The minimum atomic E-state index is 0.227. The van der Waals surface area contributed by atoms with Crippen molar-refractivity contribution < 1.29 is 0 Å². The zero-order valence-corrected chi connectivity index (χ0v) is 10.9. The second-order valence-corrected chi connectivity index (χ2v) is 5.15. The topological polar surface area (TPSA) is 45.6 Å². The lowest BCUT2D eigenvalue weighted by atomic mass is 9.96. The minimum Gasteiger partial charge on any atom is -0.357 e. The van der Waals surface area contributed by atoms with Crippen molar-refractivity contribution in [2.75, 3.05) is 6.54 Å². The molecule has 0 bridgehead atoms. The summed E-state index contributed by atoms with van der Waals surface area (Å²) in [6.07, 6.45) is 5.10. The molecule has 3 heterocycles. The van der Waals surface area contributed by atoms with Crippen LogP contribution in [-0.2, 0) is 13.5 Å². The number of aryl methyl sites for hydroxylation is 1. The predicted molar refractivity (Wildman–Crippen MR) is 75.1 cm³/mol. The van der Waals surface area contributed by atoms with Crippen LogP contribution in [0.5, 0.6) is 0 Å². The zero-order chi connectivity index (χ0) is 12.8. The van der Waals surface area contributed by atoms with Crippen LogP contribution in [0.1, 0.15) is 22.9 Å². The monoisotopic (exact) mass is 252 g/mol. The van der Waals surface area contributed by atoms with E-state index in [2.05, 4.69) is 45.9 Å². The van der Waals surface area contributed by atoms with Gasteiger partial charge >= 0.3 is 0 Å². The molecular formula is C15H16N4.